The van der Waals surface area contributed by atoms with Gasteiger partial charge in [0.05, 0.1) is 0 Å². The molecule has 0 aliphatic heterocycles. The fourth-order valence-corrected chi connectivity index (χ4v) is 12.4. The number of hydrogen-bond acceptors (Lipinski definition) is 0. The summed E-state index contributed by atoms with van der Waals surface area (Å²) in [5.41, 5.74) is 3.12. The maximum Gasteiger partial charge on any atom is 1.00 e. The van der Waals surface area contributed by atoms with Gasteiger partial charge in [0.25, 0.3) is 0 Å². The van der Waals surface area contributed by atoms with E-state index in [4.69, 9.17) is 0 Å². The van der Waals surface area contributed by atoms with Crippen molar-refractivity contribution >= 4 is 25.6 Å². The van der Waals surface area contributed by atoms with Crippen molar-refractivity contribution in [2.24, 2.45) is 0 Å². The minimum Gasteiger partial charge on any atom is -0.210 e. The van der Waals surface area contributed by atoms with Crippen LogP contribution < -0.4 is 48.1 Å². The van der Waals surface area contributed by atoms with Gasteiger partial charge in [0.2, 0.25) is 0 Å². The summed E-state index contributed by atoms with van der Waals surface area (Å²) >= 11 is 0. The predicted octanol–water partition coefficient (Wildman–Crippen LogP) is -0.573. The minimum absolute atomic E-state index is 0. The first-order chi connectivity index (χ1) is 11.3. The maximum absolute atomic E-state index is 2.61. The van der Waals surface area contributed by atoms with E-state index in [2.05, 4.69) is 76.4 Å². The van der Waals surface area contributed by atoms with E-state index in [1.165, 1.54) is 38.5 Å². The molecule has 0 fully saturated rings. The molecule has 0 nitrogen and oxygen atoms in total. The van der Waals surface area contributed by atoms with Gasteiger partial charge in [-0.15, -0.1) is 0 Å². The molecule has 0 radical (unpaired) electrons. The number of aryl methyl sites for hydroxylation is 2. The van der Waals surface area contributed by atoms with Gasteiger partial charge in [0.1, 0.15) is 0 Å². The average Bonchev–Trinajstić information content (AvgIpc) is 3.20. The molecule has 4 heteroatoms. The Kier molecular flexibility index (Phi) is 11.5. The number of unbranched alkanes of at least 4 members (excludes halogenated alkanes) is 2. The van der Waals surface area contributed by atoms with Crippen LogP contribution in [0.5, 0.6) is 0 Å². The van der Waals surface area contributed by atoms with Crippen molar-refractivity contribution in [2.75, 3.05) is 0 Å². The molecule has 0 spiro atoms. The second-order valence-corrected chi connectivity index (χ2v) is 23.6. The van der Waals surface area contributed by atoms with Crippen LogP contribution in [0.2, 0.25) is 26.2 Å². The zero-order valence-electron chi connectivity index (χ0n) is 18.7. The molecule has 0 aliphatic carbocycles. The van der Waals surface area contributed by atoms with Crippen molar-refractivity contribution in [3.63, 3.8) is 0 Å². The van der Waals surface area contributed by atoms with Crippen molar-refractivity contribution in [2.45, 2.75) is 78.6 Å². The molecule has 0 aromatic heterocycles. The fraction of sp³-hybridized carbons (Fsp3) is 0.545. The molecule has 0 amide bonds. The normalized spacial score (nSPS) is 11.8. The summed E-state index contributed by atoms with van der Waals surface area (Å²) in [5, 5.41) is 3.36. The Morgan fingerprint density at radius 1 is 0.692 bits per heavy atom. The molecule has 2 aromatic carbocycles. The van der Waals surface area contributed by atoms with Gasteiger partial charge in [0.15, 0.2) is 0 Å². The van der Waals surface area contributed by atoms with Crippen molar-refractivity contribution in [3.8, 4) is 0 Å². The van der Waals surface area contributed by atoms with Crippen molar-refractivity contribution < 1.29 is 37.7 Å². The van der Waals surface area contributed by atoms with Gasteiger partial charge in [0, 0.05) is 15.2 Å². The van der Waals surface area contributed by atoms with E-state index < -0.39 is 15.2 Å². The monoisotopic (exact) mass is 370 g/mol. The smallest absolute Gasteiger partial charge is 0.210 e. The van der Waals surface area contributed by atoms with Gasteiger partial charge in [-0.05, 0) is 0 Å². The fourth-order valence-electron chi connectivity index (χ4n) is 3.56. The summed E-state index contributed by atoms with van der Waals surface area (Å²) in [6, 6.07) is 14.8. The second kappa shape index (κ2) is 11.4. The molecule has 0 N–H and O–H groups in total. The molecular weight excluding hydrogens is 334 g/mol. The molecule has 0 atom stereocenters. The molecule has 2 rings (SSSR count). The Morgan fingerprint density at radius 2 is 1.04 bits per heavy atom. The van der Waals surface area contributed by atoms with E-state index in [-0.39, 0.29) is 37.7 Å². The van der Waals surface area contributed by atoms with Crippen LogP contribution in [0.4, 0.5) is 0 Å². The third-order valence-electron chi connectivity index (χ3n) is 6.28. The molecule has 26 heavy (non-hydrogen) atoms. The van der Waals surface area contributed by atoms with Crippen molar-refractivity contribution in [1.29, 1.82) is 0 Å². The topological polar surface area (TPSA) is 0 Å². The Balaban J connectivity index is 0.00000312. The van der Waals surface area contributed by atoms with E-state index >= 15 is 0 Å². The second-order valence-electron chi connectivity index (χ2n) is 8.47. The standard InChI is InChI=1S/C22H36Si2.2Li/c1-7-9-11-19-13-15-21(17-19)23(3,4)24(5,6)22-16-14-20(18-22)12-10-8-2;;/h13-18H,7-12H2,1-6H3;;/q-2;2*+1. The van der Waals surface area contributed by atoms with Crippen LogP contribution in [0.3, 0.4) is 0 Å². The molecule has 0 heterocycles. The first-order valence-electron chi connectivity index (χ1n) is 9.85. The molecule has 2 aromatic rings. The van der Waals surface area contributed by atoms with E-state index in [9.17, 15) is 0 Å². The van der Waals surface area contributed by atoms with Crippen LogP contribution in [0.15, 0.2) is 36.4 Å². The van der Waals surface area contributed by atoms with Gasteiger partial charge >= 0.3 is 37.7 Å². The van der Waals surface area contributed by atoms with Crippen molar-refractivity contribution in [1.82, 2.24) is 0 Å². The number of rotatable bonds is 9. The predicted molar refractivity (Wildman–Crippen MR) is 116 cm³/mol. The van der Waals surface area contributed by atoms with Crippen LogP contribution in [-0.4, -0.2) is 15.2 Å². The Labute approximate surface area is 188 Å². The van der Waals surface area contributed by atoms with Crippen LogP contribution in [-0.2, 0) is 12.8 Å². The van der Waals surface area contributed by atoms with Gasteiger partial charge in [-0.1, -0.05) is 78.6 Å². The molecule has 134 valence electrons. The number of hydrogen-bond donors (Lipinski definition) is 0. The summed E-state index contributed by atoms with van der Waals surface area (Å²) in [4.78, 5) is 0. The molecule has 0 saturated heterocycles. The van der Waals surface area contributed by atoms with E-state index in [0.717, 1.165) is 0 Å². The molecular formula is C22H36Li2Si2. The molecule has 0 bridgehead atoms. The van der Waals surface area contributed by atoms with Gasteiger partial charge in [-0.3, -0.25) is 0 Å². The van der Waals surface area contributed by atoms with Crippen LogP contribution in [0.25, 0.3) is 0 Å². The molecule has 0 aliphatic rings. The van der Waals surface area contributed by atoms with Gasteiger partial charge < -0.3 is 0 Å². The minimum atomic E-state index is -1.45. The van der Waals surface area contributed by atoms with Crippen molar-refractivity contribution in [3.05, 3.63) is 47.5 Å². The van der Waals surface area contributed by atoms with E-state index in [0.29, 0.717) is 0 Å². The molecule has 0 saturated carbocycles. The maximum atomic E-state index is 2.61. The third-order valence-corrected chi connectivity index (χ3v) is 24.0. The summed E-state index contributed by atoms with van der Waals surface area (Å²) in [6.45, 7) is 15.0. The third kappa shape index (κ3) is 5.91. The van der Waals surface area contributed by atoms with Gasteiger partial charge in [-0.25, -0.2) is 12.1 Å². The van der Waals surface area contributed by atoms with Crippen LogP contribution in [0.1, 0.15) is 50.7 Å². The van der Waals surface area contributed by atoms with Crippen LogP contribution >= 0.6 is 0 Å². The average molecular weight is 371 g/mol. The first kappa shape index (κ1) is 26.3. The summed E-state index contributed by atoms with van der Waals surface area (Å²) in [7, 11) is -2.89. The first-order valence-corrected chi connectivity index (χ1v) is 16.8. The zero-order valence-corrected chi connectivity index (χ0v) is 20.7. The van der Waals surface area contributed by atoms with E-state index in [1.54, 1.807) is 21.5 Å². The SMILES string of the molecule is CCCCc1cc[c-]([Si](C)(C)[Si](C)(C)[c-]2ccc(CCCC)c2)c1.[Li+].[Li+]. The van der Waals surface area contributed by atoms with Crippen LogP contribution in [0, 0.1) is 0 Å². The summed E-state index contributed by atoms with van der Waals surface area (Å²) in [5.74, 6) is 0. The summed E-state index contributed by atoms with van der Waals surface area (Å²) < 4.78 is 0. The largest absolute Gasteiger partial charge is 1.00 e. The summed E-state index contributed by atoms with van der Waals surface area (Å²) in [6.07, 6.45) is 7.71. The Bertz CT molecular complexity index is 582. The quantitative estimate of drug-likeness (QED) is 0.410. The Hall–Kier alpha value is 0.329. The van der Waals surface area contributed by atoms with E-state index in [1.807, 2.05) is 0 Å². The Morgan fingerprint density at radius 3 is 1.35 bits per heavy atom. The molecule has 0 unspecified atom stereocenters. The van der Waals surface area contributed by atoms with Gasteiger partial charge in [-0.2, -0.15) is 45.8 Å². The zero-order chi connectivity index (χ0) is 17.8.